The molecular weight excluding hydrogens is 446 g/mol. The summed E-state index contributed by atoms with van der Waals surface area (Å²) in [6, 6.07) is 8.40. The van der Waals surface area contributed by atoms with Gasteiger partial charge in [0, 0.05) is 24.2 Å². The van der Waals surface area contributed by atoms with Crippen molar-refractivity contribution in [2.24, 2.45) is 0 Å². The summed E-state index contributed by atoms with van der Waals surface area (Å²) in [6.07, 6.45) is -1.71. The molecule has 0 aromatic heterocycles. The van der Waals surface area contributed by atoms with Crippen molar-refractivity contribution in [3.8, 4) is 11.1 Å². The zero-order valence-corrected chi connectivity index (χ0v) is 19.6. The number of ether oxygens (including phenoxy) is 2. The van der Waals surface area contributed by atoms with Gasteiger partial charge in [0.15, 0.2) is 0 Å². The van der Waals surface area contributed by atoms with Gasteiger partial charge in [0.25, 0.3) is 0 Å². The Morgan fingerprint density at radius 1 is 0.765 bits per heavy atom. The van der Waals surface area contributed by atoms with Crippen LogP contribution in [-0.2, 0) is 9.47 Å². The van der Waals surface area contributed by atoms with Crippen LogP contribution >= 0.6 is 0 Å². The van der Waals surface area contributed by atoms with Crippen LogP contribution < -0.4 is 9.80 Å². The second-order valence-corrected chi connectivity index (χ2v) is 9.09. The number of hydrogen-bond donors (Lipinski definition) is 0. The average Bonchev–Trinajstić information content (AvgIpc) is 3.28. The topological polar surface area (TPSA) is 65.6 Å². The molecule has 2 saturated heterocycles. The molecule has 4 rings (SSSR count). The van der Waals surface area contributed by atoms with Crippen molar-refractivity contribution in [3.63, 3.8) is 0 Å². The van der Waals surface area contributed by atoms with E-state index in [4.69, 9.17) is 9.47 Å². The molecule has 0 spiro atoms. The van der Waals surface area contributed by atoms with Crippen molar-refractivity contribution in [2.75, 3.05) is 64.2 Å². The maximum absolute atomic E-state index is 15.0. The Balaban J connectivity index is 1.52. The molecule has 34 heavy (non-hydrogen) atoms. The van der Waals surface area contributed by atoms with E-state index in [0.717, 1.165) is 0 Å². The van der Waals surface area contributed by atoms with Gasteiger partial charge in [-0.3, -0.25) is 9.80 Å². The van der Waals surface area contributed by atoms with E-state index in [1.165, 1.54) is 34.1 Å². The zero-order chi connectivity index (χ0) is 24.6. The molecule has 0 bridgehead atoms. The summed E-state index contributed by atoms with van der Waals surface area (Å²) in [4.78, 5) is 31.0. The van der Waals surface area contributed by atoms with Crippen molar-refractivity contribution in [1.29, 1.82) is 0 Å². The molecule has 2 fully saturated rings. The Morgan fingerprint density at radius 2 is 1.15 bits per heavy atom. The molecule has 2 aromatic carbocycles. The number of carbonyl (C=O) groups is 2. The van der Waals surface area contributed by atoms with Crippen LogP contribution in [0.3, 0.4) is 0 Å². The van der Waals surface area contributed by atoms with E-state index in [9.17, 15) is 18.4 Å². The predicted octanol–water partition coefficient (Wildman–Crippen LogP) is 3.41. The molecule has 8 nitrogen and oxygen atoms in total. The van der Waals surface area contributed by atoms with Crippen molar-refractivity contribution in [2.45, 2.75) is 12.2 Å². The molecule has 2 aromatic rings. The highest BCUT2D eigenvalue weighted by molar-refractivity contribution is 5.91. The summed E-state index contributed by atoms with van der Waals surface area (Å²) in [5.41, 5.74) is 0.798. The number of benzene rings is 2. The first-order valence-corrected chi connectivity index (χ1v) is 11.0. The Morgan fingerprint density at radius 3 is 1.47 bits per heavy atom. The van der Waals surface area contributed by atoms with E-state index in [1.807, 2.05) is 38.0 Å². The fourth-order valence-electron chi connectivity index (χ4n) is 4.25. The molecule has 10 heteroatoms. The molecule has 0 unspecified atom stereocenters. The second kappa shape index (κ2) is 9.55. The van der Waals surface area contributed by atoms with Crippen LogP contribution in [0.5, 0.6) is 0 Å². The van der Waals surface area contributed by atoms with Gasteiger partial charge in [0.1, 0.15) is 23.8 Å². The van der Waals surface area contributed by atoms with Gasteiger partial charge in [0.2, 0.25) is 0 Å². The number of hydrogen-bond acceptors (Lipinski definition) is 6. The fourth-order valence-corrected chi connectivity index (χ4v) is 4.25. The molecule has 0 N–H and O–H groups in total. The lowest BCUT2D eigenvalue weighted by atomic mass is 10.0. The summed E-state index contributed by atoms with van der Waals surface area (Å²) in [5, 5.41) is 0. The van der Waals surface area contributed by atoms with Crippen molar-refractivity contribution < 1.29 is 27.8 Å². The van der Waals surface area contributed by atoms with E-state index >= 15 is 0 Å². The third-order valence-corrected chi connectivity index (χ3v) is 5.70. The normalized spacial score (nSPS) is 20.5. The number of nitrogens with zero attached hydrogens (tertiary/aromatic N) is 4. The van der Waals surface area contributed by atoms with Crippen LogP contribution in [0.2, 0.25) is 0 Å². The van der Waals surface area contributed by atoms with Crippen LogP contribution in [0.15, 0.2) is 36.4 Å². The van der Waals surface area contributed by atoms with Crippen LogP contribution in [0.25, 0.3) is 11.1 Å². The molecule has 2 aliphatic heterocycles. The van der Waals surface area contributed by atoms with Gasteiger partial charge in [-0.2, -0.15) is 0 Å². The maximum atomic E-state index is 15.0. The van der Waals surface area contributed by atoms with E-state index < -0.39 is 23.8 Å². The van der Waals surface area contributed by atoms with Crippen molar-refractivity contribution in [1.82, 2.24) is 9.80 Å². The number of amides is 2. The molecular formula is C24H28F2N4O4. The average molecular weight is 475 g/mol. The minimum Gasteiger partial charge on any atom is -0.443 e. The number of anilines is 2. The third kappa shape index (κ3) is 4.97. The Bertz CT molecular complexity index is 1010. The van der Waals surface area contributed by atoms with E-state index in [1.54, 1.807) is 12.1 Å². The number of likely N-dealkylation sites (N-methyl/N-ethyl adjacent to an activating group) is 2. The molecule has 2 heterocycles. The summed E-state index contributed by atoms with van der Waals surface area (Å²) in [7, 11) is 7.50. The van der Waals surface area contributed by atoms with Gasteiger partial charge >= 0.3 is 12.2 Å². The lowest BCUT2D eigenvalue weighted by Crippen LogP contribution is -2.30. The maximum Gasteiger partial charge on any atom is 0.414 e. The number of carbonyl (C=O) groups excluding carboxylic acids is 2. The minimum atomic E-state index is -0.667. The van der Waals surface area contributed by atoms with Crippen LogP contribution in [0.1, 0.15) is 0 Å². The SMILES string of the molecule is CN(C)C[C@H]1CN(c2ccc(-c3ccc(N4C[C@H](CN(C)C)OC4=O)cc3F)c(F)c2)C(=O)O1. The summed E-state index contributed by atoms with van der Waals surface area (Å²) in [6.45, 7) is 1.72. The molecule has 2 amide bonds. The number of rotatable bonds is 7. The first-order chi connectivity index (χ1) is 16.1. The second-order valence-electron chi connectivity index (χ2n) is 9.09. The van der Waals surface area contributed by atoms with Gasteiger partial charge in [-0.25, -0.2) is 18.4 Å². The Kier molecular flexibility index (Phi) is 6.72. The zero-order valence-electron chi connectivity index (χ0n) is 19.6. The Labute approximate surface area is 197 Å². The minimum absolute atomic E-state index is 0.0553. The molecule has 0 aliphatic carbocycles. The van der Waals surface area contributed by atoms with Gasteiger partial charge in [0.05, 0.1) is 24.5 Å². The summed E-state index contributed by atoms with van der Waals surface area (Å²) < 4.78 is 40.7. The molecule has 2 atom stereocenters. The highest BCUT2D eigenvalue weighted by Crippen LogP contribution is 2.33. The van der Waals surface area contributed by atoms with Gasteiger partial charge < -0.3 is 19.3 Å². The summed E-state index contributed by atoms with van der Waals surface area (Å²) in [5.74, 6) is -1.33. The van der Waals surface area contributed by atoms with Crippen molar-refractivity contribution >= 4 is 23.6 Å². The van der Waals surface area contributed by atoms with E-state index in [0.29, 0.717) is 37.6 Å². The van der Waals surface area contributed by atoms with E-state index in [-0.39, 0.29) is 23.3 Å². The standard InChI is InChI=1S/C24H28F2N4O4/c1-27(2)11-17-13-29(23(31)33-17)15-5-7-19(21(25)9-15)20-8-6-16(10-22(20)26)30-14-18(12-28(3)4)34-24(30)32/h5-10,17-18H,11-14H2,1-4H3/t17-,18-/m0/s1. The molecule has 0 radical (unpaired) electrons. The fraction of sp³-hybridized carbons (Fsp3) is 0.417. The van der Waals surface area contributed by atoms with E-state index in [2.05, 4.69) is 0 Å². The summed E-state index contributed by atoms with van der Waals surface area (Å²) >= 11 is 0. The number of halogens is 2. The molecule has 182 valence electrons. The van der Waals surface area contributed by atoms with Gasteiger partial charge in [-0.05, 0) is 64.6 Å². The Hall–Kier alpha value is -3.24. The lowest BCUT2D eigenvalue weighted by molar-refractivity contribution is 0.122. The monoisotopic (exact) mass is 474 g/mol. The van der Waals surface area contributed by atoms with Crippen LogP contribution in [0.4, 0.5) is 29.7 Å². The number of cyclic esters (lactones) is 2. The first kappa shape index (κ1) is 23.9. The molecule has 2 aliphatic rings. The lowest BCUT2D eigenvalue weighted by Gasteiger charge is -2.17. The molecule has 0 saturated carbocycles. The third-order valence-electron chi connectivity index (χ3n) is 5.70. The van der Waals surface area contributed by atoms with Gasteiger partial charge in [-0.15, -0.1) is 0 Å². The predicted molar refractivity (Wildman–Crippen MR) is 124 cm³/mol. The smallest absolute Gasteiger partial charge is 0.414 e. The highest BCUT2D eigenvalue weighted by atomic mass is 19.1. The largest absolute Gasteiger partial charge is 0.443 e. The van der Waals surface area contributed by atoms with Gasteiger partial charge in [-0.1, -0.05) is 0 Å². The van der Waals surface area contributed by atoms with Crippen LogP contribution in [0, 0.1) is 11.6 Å². The van der Waals surface area contributed by atoms with Crippen LogP contribution in [-0.4, -0.2) is 88.6 Å². The quantitative estimate of drug-likeness (QED) is 0.613. The van der Waals surface area contributed by atoms with Crippen molar-refractivity contribution in [3.05, 3.63) is 48.0 Å². The highest BCUT2D eigenvalue weighted by Gasteiger charge is 2.34. The first-order valence-electron chi connectivity index (χ1n) is 11.0.